The molecule has 1 saturated carbocycles. The molecule has 0 bridgehead atoms. The van der Waals surface area contributed by atoms with Crippen molar-refractivity contribution in [3.63, 3.8) is 0 Å². The summed E-state index contributed by atoms with van der Waals surface area (Å²) in [7, 11) is 0. The molecular formula is C18H18N6O2S. The number of hydrogen-bond donors (Lipinski definition) is 0. The largest absolute Gasteiger partial charge is 0.307 e. The first kappa shape index (κ1) is 17.5. The molecule has 3 aromatic rings. The fraction of sp³-hybridized carbons (Fsp3) is 0.278. The molecule has 2 heterocycles. The average molecular weight is 382 g/mol. The molecule has 1 fully saturated rings. The summed E-state index contributed by atoms with van der Waals surface area (Å²) in [6, 6.07) is 10.4. The van der Waals surface area contributed by atoms with Gasteiger partial charge in [-0.3, -0.25) is 14.8 Å². The van der Waals surface area contributed by atoms with Crippen LogP contribution in [0.3, 0.4) is 0 Å². The van der Waals surface area contributed by atoms with Crippen LogP contribution in [0.15, 0.2) is 60.5 Å². The van der Waals surface area contributed by atoms with Crippen molar-refractivity contribution in [3.05, 3.63) is 76.9 Å². The normalized spacial score (nSPS) is 18.4. The van der Waals surface area contributed by atoms with Crippen LogP contribution in [0.4, 0.5) is 5.69 Å². The minimum absolute atomic E-state index is 0.0208. The standard InChI is InChI=1S/C18H18N6O2S/c1-2-8-23-17(16-9-15(16)13-6-4-3-5-7-13)20-21-18(23)27-12-22-11-14(10-19-22)24(25)26/h2-7,10-11,15-16H,1,8-9,12H2. The van der Waals surface area contributed by atoms with Crippen molar-refractivity contribution in [2.45, 2.75) is 35.8 Å². The quantitative estimate of drug-likeness (QED) is 0.256. The highest BCUT2D eigenvalue weighted by Crippen LogP contribution is 2.54. The maximum atomic E-state index is 10.8. The lowest BCUT2D eigenvalue weighted by atomic mass is 10.1. The third kappa shape index (κ3) is 3.63. The van der Waals surface area contributed by atoms with Gasteiger partial charge in [-0.25, -0.2) is 0 Å². The fourth-order valence-corrected chi connectivity index (χ4v) is 3.98. The molecule has 1 aliphatic carbocycles. The summed E-state index contributed by atoms with van der Waals surface area (Å²) < 4.78 is 3.60. The molecule has 27 heavy (non-hydrogen) atoms. The zero-order valence-electron chi connectivity index (χ0n) is 14.5. The second kappa shape index (κ2) is 7.36. The first-order valence-electron chi connectivity index (χ1n) is 8.56. The zero-order chi connectivity index (χ0) is 18.8. The SMILES string of the molecule is C=CCn1c(SCn2cc([N+](=O)[O-])cn2)nnc1C1CC1c1ccccc1. The van der Waals surface area contributed by atoms with Crippen molar-refractivity contribution in [2.75, 3.05) is 0 Å². The molecule has 0 saturated heterocycles. The molecule has 2 unspecified atom stereocenters. The van der Waals surface area contributed by atoms with Gasteiger partial charge in [0.1, 0.15) is 18.2 Å². The number of allylic oxidation sites excluding steroid dienone is 1. The Morgan fingerprint density at radius 2 is 2.11 bits per heavy atom. The Morgan fingerprint density at radius 3 is 2.81 bits per heavy atom. The molecular weight excluding hydrogens is 364 g/mol. The van der Waals surface area contributed by atoms with Crippen molar-refractivity contribution in [1.82, 2.24) is 24.5 Å². The van der Waals surface area contributed by atoms with Crippen molar-refractivity contribution in [3.8, 4) is 0 Å². The highest BCUT2D eigenvalue weighted by molar-refractivity contribution is 7.98. The van der Waals surface area contributed by atoms with E-state index < -0.39 is 4.92 Å². The van der Waals surface area contributed by atoms with Crippen LogP contribution in [-0.2, 0) is 12.4 Å². The van der Waals surface area contributed by atoms with Crippen LogP contribution in [0.1, 0.15) is 29.6 Å². The molecule has 138 valence electrons. The van der Waals surface area contributed by atoms with E-state index in [4.69, 9.17) is 0 Å². The number of benzene rings is 1. The highest BCUT2D eigenvalue weighted by atomic mass is 32.2. The smallest absolute Gasteiger partial charge is 0.302 e. The molecule has 0 N–H and O–H groups in total. The second-order valence-electron chi connectivity index (χ2n) is 6.37. The molecule has 0 radical (unpaired) electrons. The molecule has 9 heteroatoms. The highest BCUT2D eigenvalue weighted by Gasteiger charge is 2.43. The Hall–Kier alpha value is -2.94. The van der Waals surface area contributed by atoms with Gasteiger partial charge in [-0.15, -0.1) is 16.8 Å². The van der Waals surface area contributed by atoms with Gasteiger partial charge in [-0.05, 0) is 17.9 Å². The van der Waals surface area contributed by atoms with E-state index in [-0.39, 0.29) is 5.69 Å². The van der Waals surface area contributed by atoms with Crippen LogP contribution >= 0.6 is 11.8 Å². The molecule has 8 nitrogen and oxygen atoms in total. The number of thioether (sulfide) groups is 1. The van der Waals surface area contributed by atoms with Crippen LogP contribution in [0.2, 0.25) is 0 Å². The van der Waals surface area contributed by atoms with Crippen LogP contribution < -0.4 is 0 Å². The topological polar surface area (TPSA) is 91.7 Å². The number of nitrogens with zero attached hydrogens (tertiary/aromatic N) is 6. The molecule has 2 atom stereocenters. The minimum atomic E-state index is -0.455. The van der Waals surface area contributed by atoms with Crippen LogP contribution in [0.5, 0.6) is 0 Å². The lowest BCUT2D eigenvalue weighted by Gasteiger charge is -2.07. The number of aromatic nitrogens is 5. The van der Waals surface area contributed by atoms with Gasteiger partial charge < -0.3 is 4.57 Å². The molecule has 2 aromatic heterocycles. The van der Waals surface area contributed by atoms with Crippen molar-refractivity contribution in [1.29, 1.82) is 0 Å². The summed E-state index contributed by atoms with van der Waals surface area (Å²) in [5, 5.41) is 24.3. The number of hydrogen-bond acceptors (Lipinski definition) is 6. The Bertz CT molecular complexity index is 967. The molecule has 0 spiro atoms. The molecule has 0 aliphatic heterocycles. The average Bonchev–Trinajstić information content (AvgIpc) is 3.14. The van der Waals surface area contributed by atoms with E-state index in [2.05, 4.69) is 50.7 Å². The first-order chi connectivity index (χ1) is 13.2. The lowest BCUT2D eigenvalue weighted by molar-refractivity contribution is -0.385. The van der Waals surface area contributed by atoms with Crippen LogP contribution in [0.25, 0.3) is 0 Å². The van der Waals surface area contributed by atoms with Crippen LogP contribution in [0, 0.1) is 10.1 Å². The molecule has 4 rings (SSSR count). The summed E-state index contributed by atoms with van der Waals surface area (Å²) in [6.07, 6.45) is 5.55. The van der Waals surface area contributed by atoms with E-state index >= 15 is 0 Å². The Balaban J connectivity index is 1.49. The minimum Gasteiger partial charge on any atom is -0.302 e. The fourth-order valence-electron chi connectivity index (χ4n) is 3.17. The van der Waals surface area contributed by atoms with Gasteiger partial charge in [-0.1, -0.05) is 48.2 Å². The Morgan fingerprint density at radius 1 is 1.30 bits per heavy atom. The lowest BCUT2D eigenvalue weighted by Crippen LogP contribution is -2.04. The van der Waals surface area contributed by atoms with Gasteiger partial charge >= 0.3 is 5.69 Å². The van der Waals surface area contributed by atoms with Crippen molar-refractivity contribution >= 4 is 17.4 Å². The third-order valence-corrected chi connectivity index (χ3v) is 5.52. The Kier molecular flexibility index (Phi) is 4.76. The van der Waals surface area contributed by atoms with Crippen molar-refractivity contribution in [2.24, 2.45) is 0 Å². The third-order valence-electron chi connectivity index (χ3n) is 4.56. The van der Waals surface area contributed by atoms with Crippen molar-refractivity contribution < 1.29 is 4.92 Å². The van der Waals surface area contributed by atoms with E-state index in [1.54, 1.807) is 0 Å². The van der Waals surface area contributed by atoms with Crippen LogP contribution in [-0.4, -0.2) is 29.5 Å². The summed E-state index contributed by atoms with van der Waals surface area (Å²) in [4.78, 5) is 10.3. The van der Waals surface area contributed by atoms with Gasteiger partial charge in [0.2, 0.25) is 0 Å². The summed E-state index contributed by atoms with van der Waals surface area (Å²) >= 11 is 1.45. The molecule has 1 aliphatic rings. The molecule has 1 aromatic carbocycles. The second-order valence-corrected chi connectivity index (χ2v) is 7.28. The summed E-state index contributed by atoms with van der Waals surface area (Å²) in [5.74, 6) is 2.24. The van der Waals surface area contributed by atoms with E-state index in [0.29, 0.717) is 24.3 Å². The molecule has 0 amide bonds. The van der Waals surface area contributed by atoms with Gasteiger partial charge in [-0.2, -0.15) is 5.10 Å². The predicted molar refractivity (Wildman–Crippen MR) is 101 cm³/mol. The number of rotatable bonds is 8. The monoisotopic (exact) mass is 382 g/mol. The Labute approximate surface area is 160 Å². The summed E-state index contributed by atoms with van der Waals surface area (Å²) in [6.45, 7) is 4.46. The summed E-state index contributed by atoms with van der Waals surface area (Å²) in [5.41, 5.74) is 1.31. The van der Waals surface area contributed by atoms with Gasteiger partial charge in [0, 0.05) is 12.5 Å². The predicted octanol–water partition coefficient (Wildman–Crippen LogP) is 3.59. The van der Waals surface area contributed by atoms with Gasteiger partial charge in [0.05, 0.1) is 10.8 Å². The van der Waals surface area contributed by atoms with Gasteiger partial charge in [0.25, 0.3) is 0 Å². The van der Waals surface area contributed by atoms with E-state index in [1.807, 2.05) is 12.1 Å². The first-order valence-corrected chi connectivity index (χ1v) is 9.54. The zero-order valence-corrected chi connectivity index (χ0v) is 15.3. The van der Waals surface area contributed by atoms with E-state index in [0.717, 1.165) is 17.4 Å². The van der Waals surface area contributed by atoms with Gasteiger partial charge in [0.15, 0.2) is 5.16 Å². The number of nitro groups is 1. The maximum Gasteiger partial charge on any atom is 0.307 e. The van der Waals surface area contributed by atoms with E-state index in [9.17, 15) is 10.1 Å². The maximum absolute atomic E-state index is 10.8. The van der Waals surface area contributed by atoms with E-state index in [1.165, 1.54) is 34.4 Å².